The van der Waals surface area contributed by atoms with Crippen LogP contribution in [0.4, 0.5) is 4.79 Å². The zero-order valence-electron chi connectivity index (χ0n) is 20.7. The zero-order chi connectivity index (χ0) is 25.1. The number of hydrogen-bond donors (Lipinski definition) is 1. The van der Waals surface area contributed by atoms with Gasteiger partial charge >= 0.3 is 12.0 Å². The molecular weight excluding hydrogens is 472 g/mol. The third-order valence-corrected chi connectivity index (χ3v) is 7.21. The fraction of sp³-hybridized carbons (Fsp3) is 0.625. The minimum Gasteiger partial charge on any atom is -0.460 e. The topological polar surface area (TPSA) is 101 Å². The van der Waals surface area contributed by atoms with Gasteiger partial charge in [0.2, 0.25) is 0 Å². The lowest BCUT2D eigenvalue weighted by Gasteiger charge is -2.25. The van der Waals surface area contributed by atoms with Crippen LogP contribution >= 0.6 is 22.7 Å². The van der Waals surface area contributed by atoms with Gasteiger partial charge in [0.1, 0.15) is 6.61 Å². The predicted octanol–water partition coefficient (Wildman–Crippen LogP) is 5.15. The number of thiazole rings is 2. The number of aromatic nitrogens is 2. The number of amides is 2. The first kappa shape index (κ1) is 27.9. The number of nitrogens with one attached hydrogen (secondary N) is 1. The molecule has 2 aromatic heterocycles. The molecule has 2 heterocycles. The Labute approximate surface area is 210 Å². The van der Waals surface area contributed by atoms with E-state index in [2.05, 4.69) is 29.1 Å². The third-order valence-electron chi connectivity index (χ3n) is 5.26. The molecule has 10 heteroatoms. The van der Waals surface area contributed by atoms with Crippen LogP contribution in [0, 0.1) is 5.92 Å². The quantitative estimate of drug-likeness (QED) is 0.280. The van der Waals surface area contributed by atoms with Gasteiger partial charge in [-0.15, -0.1) is 22.7 Å². The Balaban J connectivity index is 1.69. The smallest absolute Gasteiger partial charge is 0.318 e. The monoisotopic (exact) mass is 508 g/mol. The van der Waals surface area contributed by atoms with Crippen LogP contribution in [-0.2, 0) is 27.5 Å². The van der Waals surface area contributed by atoms with E-state index in [1.54, 1.807) is 35.0 Å². The van der Waals surface area contributed by atoms with Gasteiger partial charge in [0, 0.05) is 37.4 Å². The fourth-order valence-electron chi connectivity index (χ4n) is 3.28. The van der Waals surface area contributed by atoms with Gasteiger partial charge in [-0.3, -0.25) is 14.6 Å². The van der Waals surface area contributed by atoms with Crippen LogP contribution in [0.5, 0.6) is 0 Å². The largest absolute Gasteiger partial charge is 0.460 e. The van der Waals surface area contributed by atoms with Crippen molar-refractivity contribution in [2.45, 2.75) is 84.9 Å². The van der Waals surface area contributed by atoms with E-state index in [4.69, 9.17) is 4.74 Å². The number of rotatable bonds is 14. The number of urea groups is 1. The lowest BCUT2D eigenvalue weighted by molar-refractivity contribution is -0.145. The van der Waals surface area contributed by atoms with Crippen molar-refractivity contribution in [3.8, 4) is 0 Å². The molecular formula is C24H36N4O4S2. The molecule has 0 aromatic carbocycles. The summed E-state index contributed by atoms with van der Waals surface area (Å²) >= 11 is 3.05. The van der Waals surface area contributed by atoms with Gasteiger partial charge in [-0.05, 0) is 18.8 Å². The maximum absolute atomic E-state index is 12.8. The van der Waals surface area contributed by atoms with Crippen LogP contribution in [0.3, 0.4) is 0 Å². The molecule has 1 atom stereocenters. The first-order chi connectivity index (χ1) is 16.2. The average Bonchev–Trinajstić information content (AvgIpc) is 3.47. The number of nitrogens with zero attached hydrogens (tertiary/aromatic N) is 3. The summed E-state index contributed by atoms with van der Waals surface area (Å²) < 4.78 is 5.21. The summed E-state index contributed by atoms with van der Waals surface area (Å²) in [6.07, 6.45) is 4.48. The van der Waals surface area contributed by atoms with E-state index in [0.717, 1.165) is 22.0 Å². The number of carbonyl (C=O) groups excluding carboxylic acids is 3. The summed E-state index contributed by atoms with van der Waals surface area (Å²) in [6, 6.07) is -0.823. The molecule has 0 fully saturated rings. The predicted molar refractivity (Wildman–Crippen MR) is 135 cm³/mol. The number of Topliss-reactive ketones (excluding diaryl/α,β-unsaturated/α-hetero) is 1. The molecule has 0 aliphatic heterocycles. The minimum atomic E-state index is -0.541. The summed E-state index contributed by atoms with van der Waals surface area (Å²) in [5, 5.41) is 5.91. The number of hydrogen-bond acceptors (Lipinski definition) is 8. The van der Waals surface area contributed by atoms with Crippen molar-refractivity contribution in [3.63, 3.8) is 0 Å². The Bertz CT molecular complexity index is 912. The Hall–Kier alpha value is -2.33. The highest BCUT2D eigenvalue weighted by Crippen LogP contribution is 2.20. The van der Waals surface area contributed by atoms with Crippen molar-refractivity contribution in [2.24, 2.45) is 5.92 Å². The fourth-order valence-corrected chi connectivity index (χ4v) is 4.61. The van der Waals surface area contributed by atoms with E-state index in [1.807, 2.05) is 19.2 Å². The van der Waals surface area contributed by atoms with E-state index in [1.165, 1.54) is 11.3 Å². The summed E-state index contributed by atoms with van der Waals surface area (Å²) in [5.74, 6) is 0.115. The van der Waals surface area contributed by atoms with Crippen LogP contribution in [0.15, 0.2) is 17.1 Å². The second-order valence-corrected chi connectivity index (χ2v) is 10.9. The SMILES string of the molecule is CC(C)c1nc(CN(C)C(=O)NC(C(=O)CCCCCC(=O)OCc2cncs2)C(C)C)cs1. The molecule has 1 N–H and O–H groups in total. The molecule has 0 bridgehead atoms. The van der Waals surface area contributed by atoms with Crippen LogP contribution in [0.2, 0.25) is 0 Å². The number of unbranched alkanes of at least 4 members (excludes halogenated alkanes) is 2. The summed E-state index contributed by atoms with van der Waals surface area (Å²) in [7, 11) is 1.71. The van der Waals surface area contributed by atoms with Gasteiger partial charge in [-0.1, -0.05) is 34.1 Å². The van der Waals surface area contributed by atoms with Crippen molar-refractivity contribution in [1.29, 1.82) is 0 Å². The van der Waals surface area contributed by atoms with Crippen molar-refractivity contribution < 1.29 is 19.1 Å². The molecule has 0 radical (unpaired) electrons. The minimum absolute atomic E-state index is 0.0141. The Morgan fingerprint density at radius 1 is 1.09 bits per heavy atom. The Kier molecular flexibility index (Phi) is 11.6. The van der Waals surface area contributed by atoms with E-state index in [9.17, 15) is 14.4 Å². The van der Waals surface area contributed by atoms with Crippen LogP contribution in [-0.4, -0.2) is 45.7 Å². The van der Waals surface area contributed by atoms with Gasteiger partial charge in [-0.2, -0.15) is 0 Å². The van der Waals surface area contributed by atoms with E-state index >= 15 is 0 Å². The molecule has 2 rings (SSSR count). The first-order valence-electron chi connectivity index (χ1n) is 11.7. The van der Waals surface area contributed by atoms with Crippen molar-refractivity contribution in [1.82, 2.24) is 20.2 Å². The van der Waals surface area contributed by atoms with Gasteiger partial charge in [0.05, 0.1) is 33.7 Å². The normalized spacial score (nSPS) is 12.1. The third kappa shape index (κ3) is 9.50. The maximum Gasteiger partial charge on any atom is 0.318 e. The highest BCUT2D eigenvalue weighted by Gasteiger charge is 2.25. The van der Waals surface area contributed by atoms with Crippen molar-refractivity contribution in [2.75, 3.05) is 7.05 Å². The second kappa shape index (κ2) is 14.2. The molecule has 0 saturated heterocycles. The standard InChI is InChI=1S/C24H36N4O4S2/c1-16(2)22(27-24(31)28(5)12-18-14-33-23(26-18)17(3)4)20(29)9-7-6-8-10-21(30)32-13-19-11-25-15-34-19/h11,14-17,22H,6-10,12-13H2,1-5H3,(H,27,31). The number of ketones is 1. The summed E-state index contributed by atoms with van der Waals surface area (Å²) in [6.45, 7) is 8.69. The molecule has 188 valence electrons. The molecule has 8 nitrogen and oxygen atoms in total. The molecule has 0 aliphatic carbocycles. The van der Waals surface area contributed by atoms with Crippen LogP contribution in [0.1, 0.15) is 81.3 Å². The van der Waals surface area contributed by atoms with Crippen LogP contribution in [0.25, 0.3) is 0 Å². The molecule has 0 aliphatic rings. The average molecular weight is 509 g/mol. The molecule has 2 amide bonds. The summed E-state index contributed by atoms with van der Waals surface area (Å²) in [4.78, 5) is 48.3. The number of ether oxygens (including phenoxy) is 1. The van der Waals surface area contributed by atoms with E-state index < -0.39 is 6.04 Å². The molecule has 34 heavy (non-hydrogen) atoms. The first-order valence-corrected chi connectivity index (χ1v) is 13.4. The number of esters is 1. The molecule has 2 aromatic rings. The summed E-state index contributed by atoms with van der Waals surface area (Å²) in [5.41, 5.74) is 2.55. The highest BCUT2D eigenvalue weighted by molar-refractivity contribution is 7.09. The molecule has 0 spiro atoms. The van der Waals surface area contributed by atoms with Crippen molar-refractivity contribution in [3.05, 3.63) is 32.7 Å². The zero-order valence-corrected chi connectivity index (χ0v) is 22.3. The second-order valence-electron chi connectivity index (χ2n) is 9.01. The maximum atomic E-state index is 12.8. The highest BCUT2D eigenvalue weighted by atomic mass is 32.1. The van der Waals surface area contributed by atoms with Crippen molar-refractivity contribution >= 4 is 40.5 Å². The van der Waals surface area contributed by atoms with E-state index in [0.29, 0.717) is 38.1 Å². The molecule has 0 saturated carbocycles. The Morgan fingerprint density at radius 3 is 2.44 bits per heavy atom. The lowest BCUT2D eigenvalue weighted by Crippen LogP contribution is -2.48. The number of carbonyl (C=O) groups is 3. The Morgan fingerprint density at radius 2 is 1.82 bits per heavy atom. The van der Waals surface area contributed by atoms with Gasteiger partial charge < -0.3 is 15.0 Å². The van der Waals surface area contributed by atoms with E-state index in [-0.39, 0.29) is 30.3 Å². The lowest BCUT2D eigenvalue weighted by atomic mass is 9.96. The van der Waals surface area contributed by atoms with Crippen LogP contribution < -0.4 is 5.32 Å². The van der Waals surface area contributed by atoms with Gasteiger partial charge in [0.25, 0.3) is 0 Å². The van der Waals surface area contributed by atoms with Gasteiger partial charge in [0.15, 0.2) is 5.78 Å². The van der Waals surface area contributed by atoms with Gasteiger partial charge in [-0.25, -0.2) is 9.78 Å². The molecule has 1 unspecified atom stereocenters.